The molecular formula is C10H9IO. The lowest BCUT2D eigenvalue weighted by molar-refractivity contribution is 0.153. The number of benzene rings is 1. The molecule has 62 valence electrons. The van der Waals surface area contributed by atoms with E-state index in [0.29, 0.717) is 13.2 Å². The highest BCUT2D eigenvalue weighted by atomic mass is 127. The van der Waals surface area contributed by atoms with E-state index in [2.05, 4.69) is 34.6 Å². The molecule has 2 heteroatoms. The minimum atomic E-state index is 0.380. The molecule has 12 heavy (non-hydrogen) atoms. The van der Waals surface area contributed by atoms with E-state index in [0.717, 1.165) is 0 Å². The lowest BCUT2D eigenvalue weighted by Gasteiger charge is -2.02. The predicted molar refractivity (Wildman–Crippen MR) is 57.6 cm³/mol. The van der Waals surface area contributed by atoms with Crippen LogP contribution in [0.15, 0.2) is 24.3 Å². The van der Waals surface area contributed by atoms with Gasteiger partial charge in [-0.1, -0.05) is 24.1 Å². The smallest absolute Gasteiger partial charge is 0.107 e. The summed E-state index contributed by atoms with van der Waals surface area (Å²) in [6.07, 6.45) is 5.05. The van der Waals surface area contributed by atoms with Crippen LogP contribution in [0.1, 0.15) is 5.56 Å². The van der Waals surface area contributed by atoms with E-state index < -0.39 is 0 Å². The quantitative estimate of drug-likeness (QED) is 0.466. The van der Waals surface area contributed by atoms with E-state index in [1.807, 2.05) is 18.2 Å². The Morgan fingerprint density at radius 1 is 1.42 bits per heavy atom. The van der Waals surface area contributed by atoms with E-state index in [1.165, 1.54) is 9.13 Å². The van der Waals surface area contributed by atoms with Crippen LogP contribution >= 0.6 is 22.6 Å². The molecule has 1 aromatic rings. The molecule has 1 rings (SSSR count). The van der Waals surface area contributed by atoms with Gasteiger partial charge >= 0.3 is 0 Å². The summed E-state index contributed by atoms with van der Waals surface area (Å²) in [5.41, 5.74) is 1.19. The Bertz CT molecular complexity index is 288. The molecular weight excluding hydrogens is 263 g/mol. The zero-order chi connectivity index (χ0) is 8.81. The summed E-state index contributed by atoms with van der Waals surface area (Å²) in [6.45, 7) is 0.980. The molecule has 0 aliphatic heterocycles. The summed E-state index contributed by atoms with van der Waals surface area (Å²) in [6, 6.07) is 8.09. The van der Waals surface area contributed by atoms with Crippen molar-refractivity contribution in [3.8, 4) is 12.3 Å². The van der Waals surface area contributed by atoms with E-state index >= 15 is 0 Å². The summed E-state index contributed by atoms with van der Waals surface area (Å²) < 4.78 is 6.42. The Morgan fingerprint density at radius 3 is 2.83 bits per heavy atom. The molecule has 0 fully saturated rings. The fraction of sp³-hybridized carbons (Fsp3) is 0.200. The minimum absolute atomic E-state index is 0.380. The zero-order valence-electron chi connectivity index (χ0n) is 6.59. The third-order valence-electron chi connectivity index (χ3n) is 1.40. The van der Waals surface area contributed by atoms with Gasteiger partial charge in [0.15, 0.2) is 0 Å². The van der Waals surface area contributed by atoms with Crippen molar-refractivity contribution in [2.75, 3.05) is 6.61 Å². The molecule has 0 saturated carbocycles. The van der Waals surface area contributed by atoms with Gasteiger partial charge in [0.25, 0.3) is 0 Å². The molecule has 0 atom stereocenters. The molecule has 0 aromatic heterocycles. The molecule has 0 spiro atoms. The zero-order valence-corrected chi connectivity index (χ0v) is 8.74. The van der Waals surface area contributed by atoms with E-state index in [9.17, 15) is 0 Å². The van der Waals surface area contributed by atoms with Crippen LogP contribution in [0.5, 0.6) is 0 Å². The monoisotopic (exact) mass is 272 g/mol. The third-order valence-corrected chi connectivity index (χ3v) is 2.45. The summed E-state index contributed by atoms with van der Waals surface area (Å²) >= 11 is 2.28. The van der Waals surface area contributed by atoms with Crippen molar-refractivity contribution in [2.24, 2.45) is 0 Å². The van der Waals surface area contributed by atoms with Gasteiger partial charge in [-0.25, -0.2) is 0 Å². The second-order valence-corrected chi connectivity index (χ2v) is 3.45. The van der Waals surface area contributed by atoms with Gasteiger partial charge in [-0.2, -0.15) is 0 Å². The van der Waals surface area contributed by atoms with Gasteiger partial charge < -0.3 is 4.74 Å². The first-order valence-corrected chi connectivity index (χ1v) is 4.67. The van der Waals surface area contributed by atoms with Crippen molar-refractivity contribution in [2.45, 2.75) is 6.61 Å². The van der Waals surface area contributed by atoms with Gasteiger partial charge in [-0.3, -0.25) is 0 Å². The van der Waals surface area contributed by atoms with Gasteiger partial charge in [0.05, 0.1) is 6.61 Å². The van der Waals surface area contributed by atoms with Crippen LogP contribution in [-0.4, -0.2) is 6.61 Å². The van der Waals surface area contributed by atoms with Crippen molar-refractivity contribution >= 4 is 22.6 Å². The third kappa shape index (κ3) is 2.84. The number of hydrogen-bond donors (Lipinski definition) is 0. The maximum Gasteiger partial charge on any atom is 0.107 e. The van der Waals surface area contributed by atoms with Crippen LogP contribution in [0.4, 0.5) is 0 Å². The number of halogens is 1. The second-order valence-electron chi connectivity index (χ2n) is 2.29. The van der Waals surface area contributed by atoms with E-state index in [4.69, 9.17) is 11.2 Å². The average molecular weight is 272 g/mol. The lowest BCUT2D eigenvalue weighted by atomic mass is 10.2. The van der Waals surface area contributed by atoms with Gasteiger partial charge in [-0.15, -0.1) is 6.42 Å². The lowest BCUT2D eigenvalue weighted by Crippen LogP contribution is -1.94. The SMILES string of the molecule is C#CCOCc1ccccc1I. The largest absolute Gasteiger partial charge is 0.364 e. The molecule has 0 saturated heterocycles. The molecule has 0 heterocycles. The van der Waals surface area contributed by atoms with Crippen molar-refractivity contribution < 1.29 is 4.74 Å². The van der Waals surface area contributed by atoms with Crippen molar-refractivity contribution in [3.63, 3.8) is 0 Å². The number of rotatable bonds is 3. The standard InChI is InChI=1S/C10H9IO/c1-2-7-12-8-9-5-3-4-6-10(9)11/h1,3-6H,7-8H2. The molecule has 1 aromatic carbocycles. The molecule has 0 N–H and O–H groups in total. The minimum Gasteiger partial charge on any atom is -0.364 e. The Hall–Kier alpha value is -0.530. The molecule has 1 nitrogen and oxygen atoms in total. The first kappa shape index (κ1) is 9.56. The molecule has 0 radical (unpaired) electrons. The number of terminal acetylenes is 1. The van der Waals surface area contributed by atoms with E-state index in [1.54, 1.807) is 0 Å². The Balaban J connectivity index is 2.53. The van der Waals surface area contributed by atoms with Gasteiger partial charge in [0, 0.05) is 3.57 Å². The fourth-order valence-corrected chi connectivity index (χ4v) is 1.38. The van der Waals surface area contributed by atoms with Crippen LogP contribution < -0.4 is 0 Å². The maximum atomic E-state index is 5.21. The highest BCUT2D eigenvalue weighted by Gasteiger charge is 1.96. The fourth-order valence-electron chi connectivity index (χ4n) is 0.835. The van der Waals surface area contributed by atoms with Crippen LogP contribution in [0.25, 0.3) is 0 Å². The van der Waals surface area contributed by atoms with Crippen molar-refractivity contribution in [3.05, 3.63) is 33.4 Å². The average Bonchev–Trinajstić information content (AvgIpc) is 2.09. The number of ether oxygens (including phenoxy) is 1. The highest BCUT2D eigenvalue weighted by Crippen LogP contribution is 2.11. The molecule has 0 aliphatic rings. The van der Waals surface area contributed by atoms with Crippen molar-refractivity contribution in [1.82, 2.24) is 0 Å². The summed E-state index contributed by atoms with van der Waals surface area (Å²) in [4.78, 5) is 0. The van der Waals surface area contributed by atoms with Crippen LogP contribution in [-0.2, 0) is 11.3 Å². The molecule has 0 unspecified atom stereocenters. The van der Waals surface area contributed by atoms with E-state index in [-0.39, 0.29) is 0 Å². The summed E-state index contributed by atoms with van der Waals surface area (Å²) in [5, 5.41) is 0. The molecule has 0 amide bonds. The Morgan fingerprint density at radius 2 is 2.17 bits per heavy atom. The van der Waals surface area contributed by atoms with Crippen LogP contribution in [0.3, 0.4) is 0 Å². The maximum absolute atomic E-state index is 5.21. The Labute approximate surface area is 86.3 Å². The first-order valence-electron chi connectivity index (χ1n) is 3.59. The van der Waals surface area contributed by atoms with Gasteiger partial charge in [0.1, 0.15) is 6.61 Å². The summed E-state index contributed by atoms with van der Waals surface area (Å²) in [5.74, 6) is 2.43. The number of hydrogen-bond acceptors (Lipinski definition) is 1. The highest BCUT2D eigenvalue weighted by molar-refractivity contribution is 14.1. The first-order chi connectivity index (χ1) is 5.84. The van der Waals surface area contributed by atoms with Crippen molar-refractivity contribution in [1.29, 1.82) is 0 Å². The normalized spacial score (nSPS) is 9.33. The Kier molecular flexibility index (Phi) is 4.12. The molecule has 0 bridgehead atoms. The summed E-state index contributed by atoms with van der Waals surface area (Å²) in [7, 11) is 0. The van der Waals surface area contributed by atoms with Gasteiger partial charge in [0.2, 0.25) is 0 Å². The predicted octanol–water partition coefficient (Wildman–Crippen LogP) is 2.44. The molecule has 0 aliphatic carbocycles. The van der Waals surface area contributed by atoms with Gasteiger partial charge in [-0.05, 0) is 34.2 Å². The van der Waals surface area contributed by atoms with Crippen LogP contribution in [0, 0.1) is 15.9 Å². The van der Waals surface area contributed by atoms with Crippen LogP contribution in [0.2, 0.25) is 0 Å². The second kappa shape index (κ2) is 5.18. The topological polar surface area (TPSA) is 9.23 Å².